The second kappa shape index (κ2) is 4.95. The highest BCUT2D eigenvalue weighted by Crippen LogP contribution is 2.20. The number of hydrogen-bond donors (Lipinski definition) is 0. The van der Waals surface area contributed by atoms with Crippen LogP contribution in [0.2, 0.25) is 0 Å². The maximum absolute atomic E-state index is 12.1. The highest BCUT2D eigenvalue weighted by atomic mass is 32.2. The van der Waals surface area contributed by atoms with Crippen molar-refractivity contribution in [3.05, 3.63) is 0 Å². The Kier molecular flexibility index (Phi) is 4.28. The van der Waals surface area contributed by atoms with Crippen molar-refractivity contribution in [2.24, 2.45) is 0 Å². The lowest BCUT2D eigenvalue weighted by Crippen LogP contribution is -2.08. The standard InChI is InChI=1S/2C4H7FO2S/c5-4-1-2-8(6,7)3-4;5-4-2-1-3-8(4,6)7/h2*4H,1-3H2. The number of alkyl halides is 2. The van der Waals surface area contributed by atoms with Crippen LogP contribution in [0.15, 0.2) is 0 Å². The largest absolute Gasteiger partial charge is 0.246 e. The van der Waals surface area contributed by atoms with E-state index in [0.29, 0.717) is 6.42 Å². The Labute approximate surface area is 93.9 Å². The summed E-state index contributed by atoms with van der Waals surface area (Å²) in [7, 11) is -6.26. The first-order chi connectivity index (χ1) is 7.23. The Morgan fingerprint density at radius 3 is 1.69 bits per heavy atom. The summed E-state index contributed by atoms with van der Waals surface area (Å²) in [6, 6.07) is 0. The van der Waals surface area contributed by atoms with Gasteiger partial charge in [-0.3, -0.25) is 0 Å². The molecule has 8 heteroatoms. The predicted molar refractivity (Wildman–Crippen MR) is 56.1 cm³/mol. The van der Waals surface area contributed by atoms with Crippen molar-refractivity contribution in [1.29, 1.82) is 0 Å². The average Bonchev–Trinajstić information content (AvgIpc) is 2.58. The third-order valence-electron chi connectivity index (χ3n) is 2.43. The minimum atomic E-state index is -3.29. The third-order valence-corrected chi connectivity index (χ3v) is 6.03. The average molecular weight is 276 g/mol. The second-order valence-electron chi connectivity index (χ2n) is 3.92. The molecule has 0 aromatic carbocycles. The monoisotopic (exact) mass is 276 g/mol. The fourth-order valence-electron chi connectivity index (χ4n) is 1.50. The van der Waals surface area contributed by atoms with Gasteiger partial charge >= 0.3 is 0 Å². The van der Waals surface area contributed by atoms with Gasteiger partial charge in [0.1, 0.15) is 6.17 Å². The minimum absolute atomic E-state index is 0.0359. The summed E-state index contributed by atoms with van der Waals surface area (Å²) < 4.78 is 65.7. The van der Waals surface area contributed by atoms with Crippen molar-refractivity contribution in [3.8, 4) is 0 Å². The number of sulfone groups is 2. The van der Waals surface area contributed by atoms with E-state index < -0.39 is 31.3 Å². The molecule has 2 aliphatic heterocycles. The van der Waals surface area contributed by atoms with Crippen LogP contribution in [0, 0.1) is 0 Å². The molecule has 2 unspecified atom stereocenters. The van der Waals surface area contributed by atoms with Gasteiger partial charge in [-0.15, -0.1) is 0 Å². The summed E-state index contributed by atoms with van der Waals surface area (Å²) in [5.41, 5.74) is -1.57. The summed E-state index contributed by atoms with van der Waals surface area (Å²) in [6.07, 6.45) is -0.214. The van der Waals surface area contributed by atoms with E-state index in [0.717, 1.165) is 0 Å². The molecule has 0 spiro atoms. The van der Waals surface area contributed by atoms with Crippen LogP contribution in [0.5, 0.6) is 0 Å². The van der Waals surface area contributed by atoms with Gasteiger partial charge in [0.25, 0.3) is 0 Å². The fourth-order valence-corrected chi connectivity index (χ4v) is 4.35. The molecule has 2 heterocycles. The van der Waals surface area contributed by atoms with Crippen molar-refractivity contribution in [2.45, 2.75) is 30.9 Å². The van der Waals surface area contributed by atoms with Gasteiger partial charge in [-0.1, -0.05) is 0 Å². The van der Waals surface area contributed by atoms with E-state index in [-0.39, 0.29) is 30.1 Å². The molecule has 16 heavy (non-hydrogen) atoms. The van der Waals surface area contributed by atoms with Crippen molar-refractivity contribution >= 4 is 19.7 Å². The van der Waals surface area contributed by atoms with E-state index in [4.69, 9.17) is 0 Å². The fraction of sp³-hybridized carbons (Fsp3) is 1.00. The maximum atomic E-state index is 12.1. The van der Waals surface area contributed by atoms with E-state index in [1.54, 1.807) is 0 Å². The highest BCUT2D eigenvalue weighted by molar-refractivity contribution is 7.92. The van der Waals surface area contributed by atoms with E-state index in [1.807, 2.05) is 0 Å². The van der Waals surface area contributed by atoms with Gasteiger partial charge in [-0.2, -0.15) is 0 Å². The van der Waals surface area contributed by atoms with Gasteiger partial charge in [-0.25, -0.2) is 25.6 Å². The summed E-state index contributed by atoms with van der Waals surface area (Å²) >= 11 is 0. The van der Waals surface area contributed by atoms with Crippen LogP contribution in [0.4, 0.5) is 8.78 Å². The van der Waals surface area contributed by atoms with Crippen LogP contribution in [-0.2, 0) is 19.7 Å². The molecule has 2 fully saturated rings. The summed E-state index contributed by atoms with van der Waals surface area (Å²) in [6.45, 7) is 0. The lowest BCUT2D eigenvalue weighted by molar-refractivity contribution is 0.369. The Hall–Kier alpha value is -0.240. The van der Waals surface area contributed by atoms with Crippen molar-refractivity contribution < 1.29 is 25.6 Å². The number of rotatable bonds is 0. The Balaban J connectivity index is 0.000000160. The van der Waals surface area contributed by atoms with Crippen LogP contribution < -0.4 is 0 Å². The molecule has 4 nitrogen and oxygen atoms in total. The highest BCUT2D eigenvalue weighted by Gasteiger charge is 2.30. The van der Waals surface area contributed by atoms with Gasteiger partial charge in [0.15, 0.2) is 19.7 Å². The molecule has 2 aliphatic rings. The van der Waals surface area contributed by atoms with Crippen LogP contribution >= 0.6 is 0 Å². The summed E-state index contributed by atoms with van der Waals surface area (Å²) in [5.74, 6) is -0.185. The lowest BCUT2D eigenvalue weighted by atomic mass is 10.4. The van der Waals surface area contributed by atoms with E-state index >= 15 is 0 Å². The first kappa shape index (κ1) is 13.8. The van der Waals surface area contributed by atoms with E-state index in [1.165, 1.54) is 0 Å². The summed E-state index contributed by atoms with van der Waals surface area (Å²) in [5, 5.41) is 0. The topological polar surface area (TPSA) is 68.3 Å². The van der Waals surface area contributed by atoms with Crippen LogP contribution in [0.25, 0.3) is 0 Å². The molecule has 0 N–H and O–H groups in total. The third kappa shape index (κ3) is 3.97. The zero-order valence-corrected chi connectivity index (χ0v) is 10.2. The number of halogens is 2. The zero-order chi connectivity index (χ0) is 12.4. The van der Waals surface area contributed by atoms with E-state index in [9.17, 15) is 25.6 Å². The molecule has 0 saturated carbocycles. The van der Waals surface area contributed by atoms with Crippen LogP contribution in [-0.4, -0.2) is 45.8 Å². The molecular formula is C8H14F2O4S2. The zero-order valence-electron chi connectivity index (χ0n) is 8.60. The SMILES string of the molecule is O=S1(=O)CCC(F)C1.O=S1(=O)CCCC1F. The lowest BCUT2D eigenvalue weighted by Gasteiger charge is -1.92. The van der Waals surface area contributed by atoms with Crippen molar-refractivity contribution in [2.75, 3.05) is 17.3 Å². The molecule has 2 saturated heterocycles. The minimum Gasteiger partial charge on any atom is -0.246 e. The molecule has 2 atom stereocenters. The van der Waals surface area contributed by atoms with Gasteiger partial charge in [0.2, 0.25) is 5.50 Å². The predicted octanol–water partition coefficient (Wildman–Crippen LogP) is 0.634. The molecule has 96 valence electrons. The van der Waals surface area contributed by atoms with E-state index in [2.05, 4.69) is 0 Å². The number of hydrogen-bond acceptors (Lipinski definition) is 4. The van der Waals surface area contributed by atoms with Gasteiger partial charge < -0.3 is 0 Å². The molecule has 0 amide bonds. The molecule has 2 rings (SSSR count). The Morgan fingerprint density at radius 1 is 0.938 bits per heavy atom. The molecular weight excluding hydrogens is 262 g/mol. The first-order valence-corrected chi connectivity index (χ1v) is 8.47. The van der Waals surface area contributed by atoms with Crippen LogP contribution in [0.3, 0.4) is 0 Å². The van der Waals surface area contributed by atoms with Crippen LogP contribution in [0.1, 0.15) is 19.3 Å². The van der Waals surface area contributed by atoms with Gasteiger partial charge in [-0.05, 0) is 19.3 Å². The smallest absolute Gasteiger partial charge is 0.200 e. The molecule has 0 aromatic heterocycles. The maximum Gasteiger partial charge on any atom is 0.200 e. The van der Waals surface area contributed by atoms with Crippen molar-refractivity contribution in [3.63, 3.8) is 0 Å². The van der Waals surface area contributed by atoms with Crippen molar-refractivity contribution in [1.82, 2.24) is 0 Å². The Bertz CT molecular complexity index is 429. The first-order valence-electron chi connectivity index (χ1n) is 4.93. The molecule has 0 bridgehead atoms. The van der Waals surface area contributed by atoms with Gasteiger partial charge in [0.05, 0.1) is 17.3 Å². The Morgan fingerprint density at radius 2 is 1.56 bits per heavy atom. The molecule has 0 aliphatic carbocycles. The summed E-state index contributed by atoms with van der Waals surface area (Å²) in [4.78, 5) is 0. The quantitative estimate of drug-likeness (QED) is 0.651. The molecule has 0 aromatic rings. The normalized spacial score (nSPS) is 35.4. The van der Waals surface area contributed by atoms with Gasteiger partial charge in [0, 0.05) is 0 Å². The second-order valence-corrected chi connectivity index (χ2v) is 8.39. The molecule has 0 radical (unpaired) electrons.